The van der Waals surface area contributed by atoms with Crippen LogP contribution in [0, 0.1) is 23.5 Å². The summed E-state index contributed by atoms with van der Waals surface area (Å²) in [6.07, 6.45) is 3.39. The molecule has 0 aromatic heterocycles. The minimum Gasteiger partial charge on any atom is -0.352 e. The van der Waals surface area contributed by atoms with Gasteiger partial charge >= 0.3 is 0 Å². The predicted octanol–water partition coefficient (Wildman–Crippen LogP) is 4.00. The highest BCUT2D eigenvalue weighted by Gasteiger charge is 2.27. The van der Waals surface area contributed by atoms with Gasteiger partial charge in [0.25, 0.3) is 0 Å². The number of nitrogens with one attached hydrogen (secondary N) is 1. The fourth-order valence-corrected chi connectivity index (χ4v) is 3.48. The van der Waals surface area contributed by atoms with Gasteiger partial charge in [-0.05, 0) is 36.5 Å². The van der Waals surface area contributed by atoms with E-state index < -0.39 is 11.6 Å². The molecule has 1 aliphatic rings. The van der Waals surface area contributed by atoms with Crippen molar-refractivity contribution < 1.29 is 13.6 Å². The molecule has 0 radical (unpaired) electrons. The lowest BCUT2D eigenvalue weighted by Crippen LogP contribution is -2.44. The molecule has 1 saturated carbocycles. The maximum absolute atomic E-state index is 13.1. The maximum atomic E-state index is 13.1. The van der Waals surface area contributed by atoms with Crippen LogP contribution in [0.1, 0.15) is 33.1 Å². The minimum atomic E-state index is -0.880. The van der Waals surface area contributed by atoms with Crippen molar-refractivity contribution in [2.45, 2.75) is 44.0 Å². The summed E-state index contributed by atoms with van der Waals surface area (Å²) < 4.78 is 25.9. The average molecular weight is 313 g/mol. The van der Waals surface area contributed by atoms with Crippen molar-refractivity contribution in [1.29, 1.82) is 0 Å². The molecule has 1 aromatic carbocycles. The Morgan fingerprint density at radius 3 is 2.76 bits per heavy atom. The highest BCUT2D eigenvalue weighted by atomic mass is 32.2. The van der Waals surface area contributed by atoms with E-state index in [0.717, 1.165) is 25.0 Å². The highest BCUT2D eigenvalue weighted by Crippen LogP contribution is 2.29. The third-order valence-corrected chi connectivity index (χ3v) is 5.31. The molecule has 1 fully saturated rings. The smallest absolute Gasteiger partial charge is 0.230 e. The van der Waals surface area contributed by atoms with Crippen molar-refractivity contribution in [3.63, 3.8) is 0 Å². The van der Waals surface area contributed by atoms with Gasteiger partial charge in [-0.25, -0.2) is 8.78 Å². The van der Waals surface area contributed by atoms with Gasteiger partial charge in [0, 0.05) is 10.9 Å². The van der Waals surface area contributed by atoms with Crippen molar-refractivity contribution >= 4 is 17.7 Å². The number of halogens is 2. The zero-order valence-corrected chi connectivity index (χ0v) is 13.2. The summed E-state index contributed by atoms with van der Waals surface area (Å²) in [5.74, 6) is -0.457. The molecule has 3 atom stereocenters. The third kappa shape index (κ3) is 4.43. The fraction of sp³-hybridized carbons (Fsp3) is 0.562. The Morgan fingerprint density at radius 1 is 1.29 bits per heavy atom. The molecule has 1 aliphatic carbocycles. The van der Waals surface area contributed by atoms with Crippen LogP contribution in [0.5, 0.6) is 0 Å². The first-order chi connectivity index (χ1) is 9.97. The average Bonchev–Trinajstić information content (AvgIpc) is 2.45. The minimum absolute atomic E-state index is 0.0457. The molecule has 1 N–H and O–H groups in total. The van der Waals surface area contributed by atoms with Gasteiger partial charge < -0.3 is 5.32 Å². The topological polar surface area (TPSA) is 29.1 Å². The fourth-order valence-electron chi connectivity index (χ4n) is 2.75. The van der Waals surface area contributed by atoms with Crippen LogP contribution in [-0.2, 0) is 4.79 Å². The number of hydrogen-bond donors (Lipinski definition) is 1. The Bertz CT molecular complexity index is 509. The van der Waals surface area contributed by atoms with Gasteiger partial charge in [-0.2, -0.15) is 0 Å². The second-order valence-electron chi connectivity index (χ2n) is 5.81. The lowest BCUT2D eigenvalue weighted by molar-refractivity contribution is -0.119. The van der Waals surface area contributed by atoms with Crippen molar-refractivity contribution in [2.75, 3.05) is 5.75 Å². The van der Waals surface area contributed by atoms with E-state index in [1.54, 1.807) is 0 Å². The molecule has 116 valence electrons. The molecule has 1 aromatic rings. The summed E-state index contributed by atoms with van der Waals surface area (Å²) in [6, 6.07) is 3.92. The summed E-state index contributed by atoms with van der Waals surface area (Å²) in [6.45, 7) is 4.40. The van der Waals surface area contributed by atoms with Crippen molar-refractivity contribution in [1.82, 2.24) is 5.32 Å². The monoisotopic (exact) mass is 313 g/mol. The van der Waals surface area contributed by atoms with E-state index in [1.807, 2.05) is 0 Å². The van der Waals surface area contributed by atoms with Crippen LogP contribution in [0.3, 0.4) is 0 Å². The molecular formula is C16H21F2NOS. The molecule has 5 heteroatoms. The van der Waals surface area contributed by atoms with E-state index in [-0.39, 0.29) is 17.7 Å². The molecule has 2 rings (SSSR count). The zero-order chi connectivity index (χ0) is 15.4. The van der Waals surface area contributed by atoms with E-state index >= 15 is 0 Å². The van der Waals surface area contributed by atoms with Crippen LogP contribution >= 0.6 is 11.8 Å². The molecule has 0 saturated heterocycles. The molecule has 0 heterocycles. The molecule has 21 heavy (non-hydrogen) atoms. The SMILES string of the molecule is C[C@@H]1[C@@H](C)CCC[C@H]1NC(=O)CSc1ccc(F)c(F)c1. The number of benzene rings is 1. The number of hydrogen-bond acceptors (Lipinski definition) is 2. The largest absolute Gasteiger partial charge is 0.352 e. The molecule has 0 spiro atoms. The summed E-state index contributed by atoms with van der Waals surface area (Å²) >= 11 is 1.22. The van der Waals surface area contributed by atoms with E-state index in [4.69, 9.17) is 0 Å². The predicted molar refractivity (Wildman–Crippen MR) is 81.2 cm³/mol. The Balaban J connectivity index is 1.83. The Hall–Kier alpha value is -1.10. The maximum Gasteiger partial charge on any atom is 0.230 e. The van der Waals surface area contributed by atoms with Gasteiger partial charge in [0.1, 0.15) is 0 Å². The number of amides is 1. The Morgan fingerprint density at radius 2 is 2.05 bits per heavy atom. The molecule has 0 aliphatic heterocycles. The Labute approximate surface area is 128 Å². The first kappa shape index (κ1) is 16.3. The van der Waals surface area contributed by atoms with Crippen LogP contribution < -0.4 is 5.32 Å². The van der Waals surface area contributed by atoms with Crippen molar-refractivity contribution in [2.24, 2.45) is 11.8 Å². The number of carbonyl (C=O) groups excluding carboxylic acids is 1. The van der Waals surface area contributed by atoms with Gasteiger partial charge in [0.2, 0.25) is 5.91 Å². The zero-order valence-electron chi connectivity index (χ0n) is 12.4. The summed E-state index contributed by atoms with van der Waals surface area (Å²) in [7, 11) is 0. The van der Waals surface area contributed by atoms with Crippen LogP contribution in [0.2, 0.25) is 0 Å². The lowest BCUT2D eigenvalue weighted by Gasteiger charge is -2.34. The second kappa shape index (κ2) is 7.25. The molecule has 2 nitrogen and oxygen atoms in total. The first-order valence-electron chi connectivity index (χ1n) is 7.34. The molecular weight excluding hydrogens is 292 g/mol. The van der Waals surface area contributed by atoms with Gasteiger partial charge in [-0.1, -0.05) is 26.7 Å². The number of rotatable bonds is 4. The van der Waals surface area contributed by atoms with Gasteiger partial charge in [0.05, 0.1) is 5.75 Å². The molecule has 1 amide bonds. The number of carbonyl (C=O) groups is 1. The Kier molecular flexibility index (Phi) is 5.62. The van der Waals surface area contributed by atoms with Crippen LogP contribution in [0.15, 0.2) is 23.1 Å². The third-order valence-electron chi connectivity index (χ3n) is 4.31. The summed E-state index contributed by atoms with van der Waals surface area (Å²) in [5, 5.41) is 3.07. The second-order valence-corrected chi connectivity index (χ2v) is 6.85. The first-order valence-corrected chi connectivity index (χ1v) is 8.33. The molecule has 0 bridgehead atoms. The van der Waals surface area contributed by atoms with E-state index in [0.29, 0.717) is 16.7 Å². The van der Waals surface area contributed by atoms with Crippen molar-refractivity contribution in [3.8, 4) is 0 Å². The van der Waals surface area contributed by atoms with E-state index in [2.05, 4.69) is 19.2 Å². The van der Waals surface area contributed by atoms with Gasteiger partial charge in [0.15, 0.2) is 11.6 Å². The van der Waals surface area contributed by atoms with Crippen molar-refractivity contribution in [3.05, 3.63) is 29.8 Å². The molecule has 0 unspecified atom stereocenters. The normalized spacial score (nSPS) is 25.6. The summed E-state index contributed by atoms with van der Waals surface area (Å²) in [4.78, 5) is 12.6. The van der Waals surface area contributed by atoms with E-state index in [9.17, 15) is 13.6 Å². The lowest BCUT2D eigenvalue weighted by atomic mass is 9.78. The van der Waals surface area contributed by atoms with Crippen LogP contribution in [-0.4, -0.2) is 17.7 Å². The van der Waals surface area contributed by atoms with Gasteiger partial charge in [-0.3, -0.25) is 4.79 Å². The standard InChI is InChI=1S/C16H21F2NOS/c1-10-4-3-5-15(11(10)2)19-16(20)9-21-12-6-7-13(17)14(18)8-12/h6-8,10-11,15H,3-5,9H2,1-2H3,(H,19,20)/t10-,11+,15+/m0/s1. The highest BCUT2D eigenvalue weighted by molar-refractivity contribution is 8.00. The quantitative estimate of drug-likeness (QED) is 0.851. The van der Waals surface area contributed by atoms with Gasteiger partial charge in [-0.15, -0.1) is 11.8 Å². The number of thioether (sulfide) groups is 1. The van der Waals surface area contributed by atoms with E-state index in [1.165, 1.54) is 24.2 Å². The van der Waals surface area contributed by atoms with Crippen LogP contribution in [0.4, 0.5) is 8.78 Å². The summed E-state index contributed by atoms with van der Waals surface area (Å²) in [5.41, 5.74) is 0. The van der Waals surface area contributed by atoms with Crippen LogP contribution in [0.25, 0.3) is 0 Å².